The van der Waals surface area contributed by atoms with Gasteiger partial charge in [0.15, 0.2) is 11.6 Å². The number of hydrogen-bond acceptors (Lipinski definition) is 7. The third-order valence-electron chi connectivity index (χ3n) is 11.7. The minimum Gasteiger partial charge on any atom is -0.497 e. The second kappa shape index (κ2) is 17.0. The number of likely N-dealkylation sites (tertiary alicyclic amines) is 1. The molecule has 1 aromatic carbocycles. The number of hydrogen-bond donors (Lipinski definition) is 1. The third-order valence-corrected chi connectivity index (χ3v) is 11.7. The van der Waals surface area contributed by atoms with Gasteiger partial charge in [0.25, 0.3) is 0 Å². The van der Waals surface area contributed by atoms with Crippen LogP contribution in [0.4, 0.5) is 0 Å². The molecule has 1 heterocycles. The number of carbonyl (C=O) groups is 4. The highest BCUT2D eigenvalue weighted by molar-refractivity contribution is 5.96. The Balaban J connectivity index is 1.36. The third kappa shape index (κ3) is 9.26. The first kappa shape index (κ1) is 38.2. The van der Waals surface area contributed by atoms with Crippen molar-refractivity contribution in [1.82, 2.24) is 4.90 Å². The molecule has 0 bridgehead atoms. The van der Waals surface area contributed by atoms with Gasteiger partial charge in [0.1, 0.15) is 5.75 Å². The van der Waals surface area contributed by atoms with E-state index >= 15 is 0 Å². The van der Waals surface area contributed by atoms with Crippen molar-refractivity contribution in [3.63, 3.8) is 0 Å². The van der Waals surface area contributed by atoms with E-state index in [1.165, 1.54) is 23.8 Å². The number of Topliss-reactive ketones (excluding diaryl/α,β-unsaturated/α-hetero) is 1. The molecule has 8 heteroatoms. The number of esters is 1. The molecule has 7 atom stereocenters. The van der Waals surface area contributed by atoms with E-state index < -0.39 is 12.0 Å². The number of aliphatic hydroxyl groups is 1. The van der Waals surface area contributed by atoms with Crippen LogP contribution in [0.5, 0.6) is 5.75 Å². The number of piperidine rings is 1. The number of benzene rings is 1. The number of rotatable bonds is 15. The van der Waals surface area contributed by atoms with Gasteiger partial charge in [0.2, 0.25) is 5.91 Å². The lowest BCUT2D eigenvalue weighted by molar-refractivity contribution is -0.141. The van der Waals surface area contributed by atoms with Gasteiger partial charge in [-0.1, -0.05) is 62.4 Å². The highest BCUT2D eigenvalue weighted by Crippen LogP contribution is 2.44. The smallest absolute Gasteiger partial charge is 0.306 e. The number of methoxy groups -OCH3 is 2. The van der Waals surface area contributed by atoms with Crippen LogP contribution in [0.1, 0.15) is 95.1 Å². The zero-order chi connectivity index (χ0) is 36.8. The van der Waals surface area contributed by atoms with E-state index in [0.717, 1.165) is 36.2 Å². The van der Waals surface area contributed by atoms with E-state index in [-0.39, 0.29) is 60.0 Å². The second-order valence-electron chi connectivity index (χ2n) is 15.2. The summed E-state index contributed by atoms with van der Waals surface area (Å²) in [6, 6.07) is 6.24. The molecule has 0 aromatic heterocycles. The Kier molecular flexibility index (Phi) is 12.7. The number of ether oxygens (including phenoxy) is 2. The van der Waals surface area contributed by atoms with Crippen LogP contribution in [0.25, 0.3) is 5.57 Å². The monoisotopic (exact) mass is 697 g/mol. The molecule has 1 fully saturated rings. The minimum atomic E-state index is -0.647. The first-order chi connectivity index (χ1) is 24.4. The Bertz CT molecular complexity index is 1630. The van der Waals surface area contributed by atoms with Crippen LogP contribution in [0, 0.1) is 29.6 Å². The quantitative estimate of drug-likeness (QED) is 0.151. The van der Waals surface area contributed by atoms with Crippen molar-refractivity contribution in [3.8, 4) is 5.75 Å². The SMILES string of the molecule is C=C(CC1C(=O)N(CCC2C=CC(=O)CC2C)CC(=C)C1CCC1=CC(C)c2ccc(OC)cc21)C(CCC1=CCC(O)CC1=O)CC(=O)OC. The van der Waals surface area contributed by atoms with Crippen molar-refractivity contribution in [2.24, 2.45) is 29.6 Å². The van der Waals surface area contributed by atoms with E-state index in [9.17, 15) is 24.3 Å². The second-order valence-corrected chi connectivity index (χ2v) is 15.2. The Morgan fingerprint density at radius 1 is 1.06 bits per heavy atom. The lowest BCUT2D eigenvalue weighted by atomic mass is 9.73. The number of allylic oxidation sites excluding steroid dienone is 6. The fourth-order valence-corrected chi connectivity index (χ4v) is 8.52. The maximum Gasteiger partial charge on any atom is 0.306 e. The fraction of sp³-hybridized carbons (Fsp3) is 0.535. The standard InChI is InChI=1S/C43H55NO7/c1-26-20-34(45)12-9-30(26)17-18-44-25-29(4)38(15-11-33-19-28(3)37-16-14-36(50-5)24-39(33)37)40(43(44)49)21-27(2)32(22-42(48)51-6)8-7-31-10-13-35(46)23-41(31)47/h9-10,12,14,16,19,24,26,28,30,32,35,38,40,46H,2,4,7-8,11,13,15,17-18,20-23,25H2,1,3,5-6H3. The Morgan fingerprint density at radius 2 is 1.84 bits per heavy atom. The summed E-state index contributed by atoms with van der Waals surface area (Å²) in [6.07, 6.45) is 12.1. The maximum atomic E-state index is 14.5. The van der Waals surface area contributed by atoms with Gasteiger partial charge in [-0.2, -0.15) is 0 Å². The van der Waals surface area contributed by atoms with Crippen LogP contribution >= 0.6 is 0 Å². The summed E-state index contributed by atoms with van der Waals surface area (Å²) in [7, 11) is 3.04. The largest absolute Gasteiger partial charge is 0.497 e. The van der Waals surface area contributed by atoms with Crippen LogP contribution in [-0.4, -0.2) is 66.9 Å². The highest BCUT2D eigenvalue weighted by atomic mass is 16.5. The van der Waals surface area contributed by atoms with Crippen LogP contribution in [-0.2, 0) is 23.9 Å². The van der Waals surface area contributed by atoms with Gasteiger partial charge in [-0.05, 0) is 109 Å². The van der Waals surface area contributed by atoms with Crippen molar-refractivity contribution < 1.29 is 33.8 Å². The molecule has 51 heavy (non-hydrogen) atoms. The predicted molar refractivity (Wildman–Crippen MR) is 199 cm³/mol. The highest BCUT2D eigenvalue weighted by Gasteiger charge is 2.40. The molecular formula is C43H55NO7. The average molecular weight is 698 g/mol. The number of carbonyl (C=O) groups excluding carboxylic acids is 4. The van der Waals surface area contributed by atoms with Crippen LogP contribution in [0.2, 0.25) is 0 Å². The molecule has 3 aliphatic carbocycles. The zero-order valence-electron chi connectivity index (χ0n) is 30.8. The van der Waals surface area contributed by atoms with Gasteiger partial charge in [-0.15, -0.1) is 0 Å². The van der Waals surface area contributed by atoms with Crippen LogP contribution in [0.15, 0.2) is 72.4 Å². The molecule has 5 rings (SSSR count). The molecule has 0 spiro atoms. The van der Waals surface area contributed by atoms with Crippen molar-refractivity contribution >= 4 is 29.0 Å². The molecule has 274 valence electrons. The molecule has 1 amide bonds. The Labute approximate surface area is 303 Å². The summed E-state index contributed by atoms with van der Waals surface area (Å²) in [5.74, 6) is 0.622. The number of aliphatic hydroxyl groups excluding tert-OH is 1. The van der Waals surface area contributed by atoms with Gasteiger partial charge in [0, 0.05) is 37.8 Å². The summed E-state index contributed by atoms with van der Waals surface area (Å²) in [6.45, 7) is 14.4. The van der Waals surface area contributed by atoms with Gasteiger partial charge >= 0.3 is 5.97 Å². The van der Waals surface area contributed by atoms with E-state index in [2.05, 4.69) is 45.2 Å². The van der Waals surface area contributed by atoms with Crippen molar-refractivity contribution in [3.05, 3.63) is 83.5 Å². The average Bonchev–Trinajstić information content (AvgIpc) is 3.42. The summed E-state index contributed by atoms with van der Waals surface area (Å²) in [5, 5.41) is 9.91. The molecule has 7 unspecified atom stereocenters. The van der Waals surface area contributed by atoms with Gasteiger partial charge in [-0.25, -0.2) is 0 Å². The molecule has 1 saturated heterocycles. The zero-order valence-corrected chi connectivity index (χ0v) is 30.8. The van der Waals surface area contributed by atoms with Crippen LogP contribution < -0.4 is 4.74 Å². The lowest BCUT2D eigenvalue weighted by Crippen LogP contribution is -2.48. The van der Waals surface area contributed by atoms with E-state index in [4.69, 9.17) is 9.47 Å². The molecule has 8 nitrogen and oxygen atoms in total. The van der Waals surface area contributed by atoms with Crippen LogP contribution in [0.3, 0.4) is 0 Å². The summed E-state index contributed by atoms with van der Waals surface area (Å²) in [4.78, 5) is 53.6. The summed E-state index contributed by atoms with van der Waals surface area (Å²) >= 11 is 0. The van der Waals surface area contributed by atoms with Crippen molar-refractivity contribution in [2.45, 2.75) is 90.1 Å². The van der Waals surface area contributed by atoms with Gasteiger partial charge in [-0.3, -0.25) is 19.2 Å². The minimum absolute atomic E-state index is 0.0631. The first-order valence-corrected chi connectivity index (χ1v) is 18.6. The molecule has 1 aromatic rings. The van der Waals surface area contributed by atoms with Gasteiger partial charge < -0.3 is 19.5 Å². The Morgan fingerprint density at radius 3 is 2.55 bits per heavy atom. The Hall–Kier alpha value is -4.04. The number of ketones is 2. The lowest BCUT2D eigenvalue weighted by Gasteiger charge is -2.41. The van der Waals surface area contributed by atoms with E-state index in [1.54, 1.807) is 13.2 Å². The van der Waals surface area contributed by atoms with Gasteiger partial charge in [0.05, 0.1) is 26.7 Å². The predicted octanol–water partition coefficient (Wildman–Crippen LogP) is 7.33. The molecule has 0 radical (unpaired) electrons. The van der Waals surface area contributed by atoms with E-state index in [0.29, 0.717) is 56.7 Å². The van der Waals surface area contributed by atoms with E-state index in [1.807, 2.05) is 23.1 Å². The molecular weight excluding hydrogens is 642 g/mol. The first-order valence-electron chi connectivity index (χ1n) is 18.6. The molecule has 1 N–H and O–H groups in total. The number of fused-ring (bicyclic) bond motifs is 1. The van der Waals surface area contributed by atoms with Crippen molar-refractivity contribution in [2.75, 3.05) is 27.3 Å². The topological polar surface area (TPSA) is 110 Å². The molecule has 4 aliphatic rings. The maximum absolute atomic E-state index is 14.5. The summed E-state index contributed by atoms with van der Waals surface area (Å²) < 4.78 is 10.6. The summed E-state index contributed by atoms with van der Waals surface area (Å²) in [5.41, 5.74) is 6.23. The molecule has 0 saturated carbocycles. The molecule has 1 aliphatic heterocycles. The normalized spacial score (nSPS) is 26.8. The van der Waals surface area contributed by atoms with Crippen molar-refractivity contribution in [1.29, 1.82) is 0 Å². The number of amides is 1. The number of nitrogens with zero attached hydrogens (tertiary/aromatic N) is 1. The fourth-order valence-electron chi connectivity index (χ4n) is 8.52.